The van der Waals surface area contributed by atoms with Crippen molar-refractivity contribution in [3.05, 3.63) is 84.9 Å². The van der Waals surface area contributed by atoms with Crippen molar-refractivity contribution < 1.29 is 4.79 Å². The number of thioether (sulfide) groups is 1. The van der Waals surface area contributed by atoms with E-state index in [-0.39, 0.29) is 5.91 Å². The molecule has 138 valence electrons. The number of carbonyl (C=O) groups excluding carboxylic acids is 1. The molecule has 1 heterocycles. The maximum absolute atomic E-state index is 12.6. The lowest BCUT2D eigenvalue weighted by molar-refractivity contribution is -0.115. The molecule has 0 fully saturated rings. The predicted octanol–water partition coefficient (Wildman–Crippen LogP) is 5.05. The zero-order chi connectivity index (χ0) is 19.3. The molecule has 0 aliphatic carbocycles. The number of benzene rings is 3. The van der Waals surface area contributed by atoms with Crippen LogP contribution in [0, 0.1) is 0 Å². The first-order valence-corrected chi connectivity index (χ1v) is 9.98. The molecule has 0 aliphatic rings. The van der Waals surface area contributed by atoms with Crippen LogP contribution < -0.4 is 4.90 Å². The second-order valence-electron chi connectivity index (χ2n) is 6.34. The van der Waals surface area contributed by atoms with Crippen molar-refractivity contribution in [1.29, 1.82) is 0 Å². The highest BCUT2D eigenvalue weighted by atomic mass is 32.2. The summed E-state index contributed by atoms with van der Waals surface area (Å²) in [5, 5.41) is 11.7. The highest BCUT2D eigenvalue weighted by Gasteiger charge is 2.15. The van der Waals surface area contributed by atoms with E-state index in [9.17, 15) is 4.79 Å². The molecule has 0 aliphatic heterocycles. The Morgan fingerprint density at radius 1 is 0.821 bits per heavy atom. The van der Waals surface area contributed by atoms with E-state index < -0.39 is 0 Å². The average Bonchev–Trinajstić information content (AvgIpc) is 2.78. The van der Waals surface area contributed by atoms with Gasteiger partial charge in [0.25, 0.3) is 0 Å². The molecule has 0 N–H and O–H groups in total. The third-order valence-corrected chi connectivity index (χ3v) is 5.52. The Kier molecular flexibility index (Phi) is 5.35. The van der Waals surface area contributed by atoms with E-state index in [2.05, 4.69) is 10.2 Å². The summed E-state index contributed by atoms with van der Waals surface area (Å²) >= 11 is 1.42. The first-order valence-electron chi connectivity index (χ1n) is 8.99. The Morgan fingerprint density at radius 2 is 1.43 bits per heavy atom. The van der Waals surface area contributed by atoms with Crippen molar-refractivity contribution in [1.82, 2.24) is 10.2 Å². The van der Waals surface area contributed by atoms with Gasteiger partial charge in [0, 0.05) is 29.1 Å². The lowest BCUT2D eigenvalue weighted by Crippen LogP contribution is -2.27. The van der Waals surface area contributed by atoms with Crippen LogP contribution in [0.15, 0.2) is 90.0 Å². The molecule has 1 aromatic heterocycles. The summed E-state index contributed by atoms with van der Waals surface area (Å²) in [6.45, 7) is 0. The van der Waals surface area contributed by atoms with Crippen LogP contribution in [0.4, 0.5) is 5.69 Å². The number of carbonyl (C=O) groups is 1. The number of hydrogen-bond acceptors (Lipinski definition) is 4. The van der Waals surface area contributed by atoms with Crippen molar-refractivity contribution >= 4 is 34.1 Å². The van der Waals surface area contributed by atoms with E-state index in [0.717, 1.165) is 32.7 Å². The Morgan fingerprint density at radius 3 is 2.14 bits per heavy atom. The largest absolute Gasteiger partial charge is 0.315 e. The summed E-state index contributed by atoms with van der Waals surface area (Å²) < 4.78 is 0. The zero-order valence-corrected chi connectivity index (χ0v) is 16.3. The molecular formula is C23H19N3OS. The minimum absolute atomic E-state index is 0.0224. The normalized spacial score (nSPS) is 10.8. The Bertz CT molecular complexity index is 1100. The van der Waals surface area contributed by atoms with Gasteiger partial charge in [-0.2, -0.15) is 0 Å². The van der Waals surface area contributed by atoms with Crippen LogP contribution in [-0.2, 0) is 4.79 Å². The van der Waals surface area contributed by atoms with Crippen LogP contribution in [0.1, 0.15) is 0 Å². The Labute approximate surface area is 168 Å². The molecule has 4 rings (SSSR count). The fourth-order valence-electron chi connectivity index (χ4n) is 3.02. The van der Waals surface area contributed by atoms with Gasteiger partial charge >= 0.3 is 0 Å². The van der Waals surface area contributed by atoms with Gasteiger partial charge in [0.1, 0.15) is 10.7 Å². The fraction of sp³-hybridized carbons (Fsp3) is 0.0870. The molecule has 4 aromatic rings. The van der Waals surface area contributed by atoms with Gasteiger partial charge in [0.15, 0.2) is 0 Å². The quantitative estimate of drug-likeness (QED) is 0.451. The molecule has 5 heteroatoms. The molecule has 0 spiro atoms. The Balaban J connectivity index is 1.59. The molecule has 4 nitrogen and oxygen atoms in total. The minimum atomic E-state index is 0.0224. The van der Waals surface area contributed by atoms with Gasteiger partial charge in [-0.25, -0.2) is 0 Å². The van der Waals surface area contributed by atoms with E-state index in [1.54, 1.807) is 11.9 Å². The number of rotatable bonds is 5. The Hall–Kier alpha value is -3.18. The van der Waals surface area contributed by atoms with Crippen molar-refractivity contribution in [2.24, 2.45) is 0 Å². The standard InChI is InChI=1S/C23H19N3OS/c1-26(18-12-6-3-7-13-18)21(27)16-28-23-20-15-9-8-14-19(20)22(24-25-23)17-10-4-2-5-11-17/h2-15H,16H2,1H3. The van der Waals surface area contributed by atoms with Gasteiger partial charge in [0.2, 0.25) is 5.91 Å². The van der Waals surface area contributed by atoms with Crippen LogP contribution in [-0.4, -0.2) is 28.9 Å². The topological polar surface area (TPSA) is 46.1 Å². The van der Waals surface area contributed by atoms with Gasteiger partial charge in [-0.05, 0) is 12.1 Å². The summed E-state index contributed by atoms with van der Waals surface area (Å²) in [4.78, 5) is 14.3. The molecule has 0 saturated heterocycles. The van der Waals surface area contributed by atoms with Gasteiger partial charge in [-0.3, -0.25) is 4.79 Å². The summed E-state index contributed by atoms with van der Waals surface area (Å²) in [6.07, 6.45) is 0. The van der Waals surface area contributed by atoms with E-state index in [0.29, 0.717) is 5.75 Å². The van der Waals surface area contributed by atoms with Crippen LogP contribution in [0.5, 0.6) is 0 Å². The molecule has 0 atom stereocenters. The highest BCUT2D eigenvalue weighted by molar-refractivity contribution is 8.00. The smallest absolute Gasteiger partial charge is 0.237 e. The summed E-state index contributed by atoms with van der Waals surface area (Å²) in [7, 11) is 1.79. The number of aromatic nitrogens is 2. The fourth-order valence-corrected chi connectivity index (χ4v) is 3.90. The van der Waals surface area contributed by atoms with Crippen molar-refractivity contribution in [3.8, 4) is 11.3 Å². The molecule has 1 amide bonds. The van der Waals surface area contributed by atoms with Crippen LogP contribution in [0.2, 0.25) is 0 Å². The first-order chi connectivity index (χ1) is 13.7. The number of fused-ring (bicyclic) bond motifs is 1. The number of hydrogen-bond donors (Lipinski definition) is 0. The monoisotopic (exact) mass is 385 g/mol. The predicted molar refractivity (Wildman–Crippen MR) is 116 cm³/mol. The van der Waals surface area contributed by atoms with Gasteiger partial charge in [-0.1, -0.05) is 84.6 Å². The molecule has 28 heavy (non-hydrogen) atoms. The number of amides is 1. The maximum Gasteiger partial charge on any atom is 0.237 e. The molecule has 0 saturated carbocycles. The van der Waals surface area contributed by atoms with Gasteiger partial charge < -0.3 is 4.90 Å². The van der Waals surface area contributed by atoms with Crippen molar-refractivity contribution in [2.45, 2.75) is 5.03 Å². The van der Waals surface area contributed by atoms with E-state index in [1.165, 1.54) is 11.8 Å². The van der Waals surface area contributed by atoms with E-state index in [4.69, 9.17) is 0 Å². The van der Waals surface area contributed by atoms with Crippen LogP contribution in [0.25, 0.3) is 22.0 Å². The molecule has 3 aromatic carbocycles. The SMILES string of the molecule is CN(C(=O)CSc1nnc(-c2ccccc2)c2ccccc12)c1ccccc1. The molecule has 0 bridgehead atoms. The third-order valence-electron chi connectivity index (χ3n) is 4.55. The number of anilines is 1. The van der Waals surface area contributed by atoms with Crippen LogP contribution >= 0.6 is 11.8 Å². The minimum Gasteiger partial charge on any atom is -0.315 e. The summed E-state index contributed by atoms with van der Waals surface area (Å²) in [5.41, 5.74) is 2.76. The first kappa shape index (κ1) is 18.2. The van der Waals surface area contributed by atoms with E-state index >= 15 is 0 Å². The molecular weight excluding hydrogens is 366 g/mol. The highest BCUT2D eigenvalue weighted by Crippen LogP contribution is 2.31. The number of para-hydroxylation sites is 1. The average molecular weight is 385 g/mol. The lowest BCUT2D eigenvalue weighted by atomic mass is 10.1. The van der Waals surface area contributed by atoms with E-state index in [1.807, 2.05) is 84.9 Å². The van der Waals surface area contributed by atoms with Crippen LogP contribution in [0.3, 0.4) is 0 Å². The third kappa shape index (κ3) is 3.75. The summed E-state index contributed by atoms with van der Waals surface area (Å²) in [5.74, 6) is 0.323. The number of nitrogens with zero attached hydrogens (tertiary/aromatic N) is 3. The summed E-state index contributed by atoms with van der Waals surface area (Å²) in [6, 6.07) is 27.7. The molecule has 0 radical (unpaired) electrons. The van der Waals surface area contributed by atoms with Gasteiger partial charge in [0.05, 0.1) is 5.75 Å². The van der Waals surface area contributed by atoms with Gasteiger partial charge in [-0.15, -0.1) is 10.2 Å². The zero-order valence-electron chi connectivity index (χ0n) is 15.4. The maximum atomic E-state index is 12.6. The van der Waals surface area contributed by atoms with Crippen molar-refractivity contribution in [2.75, 3.05) is 17.7 Å². The molecule has 0 unspecified atom stereocenters. The second-order valence-corrected chi connectivity index (χ2v) is 7.31. The van der Waals surface area contributed by atoms with Crippen molar-refractivity contribution in [3.63, 3.8) is 0 Å². The lowest BCUT2D eigenvalue weighted by Gasteiger charge is -2.17. The second kappa shape index (κ2) is 8.23.